The van der Waals surface area contributed by atoms with Gasteiger partial charge < -0.3 is 10.1 Å². The standard InChI is InChI=1S/C13H18N2O2/c16-13(12-2-6-14-7-3-12)15-8-1-11-4-9-17-10-5-11/h2-3,6-7,11H,1,4-5,8-10H2,(H,15,16). The lowest BCUT2D eigenvalue weighted by molar-refractivity contribution is 0.0636. The van der Waals surface area contributed by atoms with Gasteiger partial charge in [0.05, 0.1) is 0 Å². The highest BCUT2D eigenvalue weighted by molar-refractivity contribution is 5.93. The Kier molecular flexibility index (Phi) is 4.50. The van der Waals surface area contributed by atoms with Gasteiger partial charge in [-0.3, -0.25) is 9.78 Å². The number of rotatable bonds is 4. The third kappa shape index (κ3) is 3.82. The second kappa shape index (κ2) is 6.35. The van der Waals surface area contributed by atoms with Crippen LogP contribution >= 0.6 is 0 Å². The van der Waals surface area contributed by atoms with Crippen molar-refractivity contribution in [2.45, 2.75) is 19.3 Å². The van der Waals surface area contributed by atoms with Gasteiger partial charge in [-0.25, -0.2) is 0 Å². The van der Waals surface area contributed by atoms with Crippen LogP contribution in [0.15, 0.2) is 24.5 Å². The second-order valence-electron chi connectivity index (χ2n) is 4.34. The van der Waals surface area contributed by atoms with Crippen LogP contribution < -0.4 is 5.32 Å². The number of nitrogens with one attached hydrogen (secondary N) is 1. The van der Waals surface area contributed by atoms with Gasteiger partial charge in [0.2, 0.25) is 0 Å². The van der Waals surface area contributed by atoms with Crippen LogP contribution in [0, 0.1) is 5.92 Å². The van der Waals surface area contributed by atoms with Crippen LogP contribution in [0.25, 0.3) is 0 Å². The van der Waals surface area contributed by atoms with Crippen LogP contribution in [-0.2, 0) is 4.74 Å². The molecule has 1 amide bonds. The van der Waals surface area contributed by atoms with Crippen LogP contribution in [0.1, 0.15) is 29.6 Å². The number of aromatic nitrogens is 1. The highest BCUT2D eigenvalue weighted by Gasteiger charge is 2.13. The second-order valence-corrected chi connectivity index (χ2v) is 4.34. The maximum absolute atomic E-state index is 11.7. The predicted octanol–water partition coefficient (Wildman–Crippen LogP) is 1.63. The Morgan fingerprint density at radius 3 is 2.76 bits per heavy atom. The molecule has 4 heteroatoms. The summed E-state index contributed by atoms with van der Waals surface area (Å²) in [7, 11) is 0. The molecule has 1 fully saturated rings. The molecule has 1 aliphatic heterocycles. The van der Waals surface area contributed by atoms with Gasteiger partial charge in [-0.15, -0.1) is 0 Å². The van der Waals surface area contributed by atoms with Gasteiger partial charge in [0.1, 0.15) is 0 Å². The van der Waals surface area contributed by atoms with Gasteiger partial charge >= 0.3 is 0 Å². The molecule has 0 saturated carbocycles. The van der Waals surface area contributed by atoms with Crippen LogP contribution in [0.3, 0.4) is 0 Å². The number of pyridine rings is 1. The van der Waals surface area contributed by atoms with Gasteiger partial charge in [0.25, 0.3) is 5.91 Å². The van der Waals surface area contributed by atoms with Gasteiger partial charge in [0.15, 0.2) is 0 Å². The molecule has 1 aliphatic rings. The van der Waals surface area contributed by atoms with Crippen molar-refractivity contribution in [3.63, 3.8) is 0 Å². The van der Waals surface area contributed by atoms with Gasteiger partial charge in [-0.05, 0) is 37.3 Å². The number of ether oxygens (including phenoxy) is 1. The van der Waals surface area contributed by atoms with E-state index in [1.54, 1.807) is 24.5 Å². The molecule has 0 aromatic carbocycles. The summed E-state index contributed by atoms with van der Waals surface area (Å²) in [6, 6.07) is 3.45. The molecular formula is C13H18N2O2. The molecule has 0 unspecified atom stereocenters. The zero-order valence-electron chi connectivity index (χ0n) is 9.89. The van der Waals surface area contributed by atoms with Crippen LogP contribution in [0.5, 0.6) is 0 Å². The molecule has 1 aromatic heterocycles. The first kappa shape index (κ1) is 12.0. The average Bonchev–Trinajstić information content (AvgIpc) is 2.41. The first-order valence-electron chi connectivity index (χ1n) is 6.12. The maximum Gasteiger partial charge on any atom is 0.251 e. The van der Waals surface area contributed by atoms with E-state index >= 15 is 0 Å². The van der Waals surface area contributed by atoms with Crippen molar-refractivity contribution >= 4 is 5.91 Å². The highest BCUT2D eigenvalue weighted by Crippen LogP contribution is 2.17. The van der Waals surface area contributed by atoms with Crippen LogP contribution in [0.2, 0.25) is 0 Å². The average molecular weight is 234 g/mol. The monoisotopic (exact) mass is 234 g/mol. The Morgan fingerprint density at radius 2 is 2.06 bits per heavy atom. The van der Waals surface area contributed by atoms with E-state index in [9.17, 15) is 4.79 Å². The van der Waals surface area contributed by atoms with Crippen molar-refractivity contribution in [2.24, 2.45) is 5.92 Å². The van der Waals surface area contributed by atoms with Crippen molar-refractivity contribution in [3.8, 4) is 0 Å². The first-order valence-corrected chi connectivity index (χ1v) is 6.12. The SMILES string of the molecule is O=C(NCCC1CCOCC1)c1ccncc1. The molecule has 1 N–H and O–H groups in total. The summed E-state index contributed by atoms with van der Waals surface area (Å²) in [6.45, 7) is 2.47. The smallest absolute Gasteiger partial charge is 0.251 e. The van der Waals surface area contributed by atoms with E-state index in [1.165, 1.54) is 0 Å². The van der Waals surface area contributed by atoms with Crippen LogP contribution in [0.4, 0.5) is 0 Å². The van der Waals surface area contributed by atoms with E-state index in [-0.39, 0.29) is 5.91 Å². The Balaban J connectivity index is 1.69. The normalized spacial score (nSPS) is 16.7. The Labute approximate surface area is 101 Å². The van der Waals surface area contributed by atoms with Crippen LogP contribution in [-0.4, -0.2) is 30.6 Å². The van der Waals surface area contributed by atoms with E-state index in [0.717, 1.165) is 39.0 Å². The van der Waals surface area contributed by atoms with Crippen molar-refractivity contribution in [1.29, 1.82) is 0 Å². The number of carbonyl (C=O) groups excluding carboxylic acids is 1. The summed E-state index contributed by atoms with van der Waals surface area (Å²) in [5.74, 6) is 0.681. The minimum atomic E-state index is -0.0144. The molecule has 0 radical (unpaired) electrons. The fraction of sp³-hybridized carbons (Fsp3) is 0.538. The van der Waals surface area contributed by atoms with Gasteiger partial charge in [-0.1, -0.05) is 0 Å². The lowest BCUT2D eigenvalue weighted by atomic mass is 9.97. The van der Waals surface area contributed by atoms with Crippen molar-refractivity contribution in [2.75, 3.05) is 19.8 Å². The topological polar surface area (TPSA) is 51.2 Å². The molecular weight excluding hydrogens is 216 g/mol. The zero-order valence-corrected chi connectivity index (χ0v) is 9.89. The summed E-state index contributed by atoms with van der Waals surface area (Å²) < 4.78 is 5.30. The first-order chi connectivity index (χ1) is 8.36. The number of hydrogen-bond donors (Lipinski definition) is 1. The summed E-state index contributed by atoms with van der Waals surface area (Å²) >= 11 is 0. The van der Waals surface area contributed by atoms with E-state index in [2.05, 4.69) is 10.3 Å². The van der Waals surface area contributed by atoms with E-state index in [0.29, 0.717) is 11.5 Å². The molecule has 0 spiro atoms. The lowest BCUT2D eigenvalue weighted by Crippen LogP contribution is -2.27. The minimum absolute atomic E-state index is 0.0144. The molecule has 2 rings (SSSR count). The molecule has 2 heterocycles. The molecule has 4 nitrogen and oxygen atoms in total. The Hall–Kier alpha value is -1.42. The fourth-order valence-electron chi connectivity index (χ4n) is 2.03. The highest BCUT2D eigenvalue weighted by atomic mass is 16.5. The molecule has 1 aromatic rings. The summed E-state index contributed by atoms with van der Waals surface area (Å²) in [4.78, 5) is 15.6. The summed E-state index contributed by atoms with van der Waals surface area (Å²) in [5, 5.41) is 2.94. The lowest BCUT2D eigenvalue weighted by Gasteiger charge is -2.21. The quantitative estimate of drug-likeness (QED) is 0.861. The van der Waals surface area contributed by atoms with E-state index in [1.807, 2.05) is 0 Å². The van der Waals surface area contributed by atoms with Gasteiger partial charge in [0, 0.05) is 37.7 Å². The van der Waals surface area contributed by atoms with E-state index in [4.69, 9.17) is 4.74 Å². The molecule has 0 bridgehead atoms. The molecule has 0 atom stereocenters. The Morgan fingerprint density at radius 1 is 1.35 bits per heavy atom. The van der Waals surface area contributed by atoms with Crippen molar-refractivity contribution in [3.05, 3.63) is 30.1 Å². The summed E-state index contributed by atoms with van der Waals surface area (Å²) in [5.41, 5.74) is 0.673. The third-order valence-electron chi connectivity index (χ3n) is 3.12. The maximum atomic E-state index is 11.7. The number of amides is 1. The number of hydrogen-bond acceptors (Lipinski definition) is 3. The largest absolute Gasteiger partial charge is 0.381 e. The third-order valence-corrected chi connectivity index (χ3v) is 3.12. The van der Waals surface area contributed by atoms with Crippen molar-refractivity contribution in [1.82, 2.24) is 10.3 Å². The fourth-order valence-corrected chi connectivity index (χ4v) is 2.03. The molecule has 0 aliphatic carbocycles. The minimum Gasteiger partial charge on any atom is -0.381 e. The van der Waals surface area contributed by atoms with Crippen molar-refractivity contribution < 1.29 is 9.53 Å². The molecule has 1 saturated heterocycles. The number of nitrogens with zero attached hydrogens (tertiary/aromatic N) is 1. The molecule has 17 heavy (non-hydrogen) atoms. The molecule has 92 valence electrons. The predicted molar refractivity (Wildman–Crippen MR) is 64.7 cm³/mol. The van der Waals surface area contributed by atoms with Gasteiger partial charge in [-0.2, -0.15) is 0 Å². The van der Waals surface area contributed by atoms with E-state index < -0.39 is 0 Å². The zero-order chi connectivity index (χ0) is 11.9. The summed E-state index contributed by atoms with van der Waals surface area (Å²) in [6.07, 6.45) is 6.54. The number of carbonyl (C=O) groups is 1. The Bertz CT molecular complexity index is 348.